The molecule has 4 heteroatoms. The molecule has 0 aromatic heterocycles. The lowest BCUT2D eigenvalue weighted by molar-refractivity contribution is 0.923. The molecule has 0 saturated heterocycles. The fraction of sp³-hybridized carbons (Fsp3) is 0.125. The van der Waals surface area contributed by atoms with E-state index in [9.17, 15) is 0 Å². The van der Waals surface area contributed by atoms with Crippen LogP contribution in [-0.2, 0) is 0 Å². The molecule has 0 bridgehead atoms. The fourth-order valence-electron chi connectivity index (χ4n) is 2.03. The molecule has 0 spiro atoms. The summed E-state index contributed by atoms with van der Waals surface area (Å²) >= 11 is 0. The Balaban J connectivity index is 2.16. The summed E-state index contributed by atoms with van der Waals surface area (Å²) in [6, 6.07) is 15.6. The van der Waals surface area contributed by atoms with E-state index in [-0.39, 0.29) is 5.92 Å². The van der Waals surface area contributed by atoms with Crippen LogP contribution < -0.4 is 10.6 Å². The van der Waals surface area contributed by atoms with Crippen molar-refractivity contribution in [1.29, 1.82) is 10.5 Å². The normalized spacial score (nSPS) is 9.60. The van der Waals surface area contributed by atoms with Crippen molar-refractivity contribution in [2.75, 3.05) is 10.6 Å². The number of benzene rings is 2. The smallest absolute Gasteiger partial charge is 0.181 e. The highest BCUT2D eigenvalue weighted by Crippen LogP contribution is 2.26. The van der Waals surface area contributed by atoms with E-state index in [0.29, 0.717) is 0 Å². The van der Waals surface area contributed by atoms with Gasteiger partial charge in [0.15, 0.2) is 12.4 Å². The maximum Gasteiger partial charge on any atom is 0.181 e. The van der Waals surface area contributed by atoms with E-state index in [4.69, 9.17) is 10.5 Å². The van der Waals surface area contributed by atoms with Crippen molar-refractivity contribution in [1.82, 2.24) is 0 Å². The second-order valence-corrected chi connectivity index (χ2v) is 4.44. The van der Waals surface area contributed by atoms with Gasteiger partial charge < -0.3 is 0 Å². The molecule has 2 N–H and O–H groups in total. The van der Waals surface area contributed by atoms with E-state index in [1.165, 1.54) is 11.1 Å². The SMILES string of the molecule is CC(c1ccc(NC#N)cc1)c1ccc(NC#N)cc1. The molecule has 4 nitrogen and oxygen atoms in total. The van der Waals surface area contributed by atoms with Gasteiger partial charge in [-0.05, 0) is 35.4 Å². The van der Waals surface area contributed by atoms with Crippen LogP contribution in [-0.4, -0.2) is 0 Å². The zero-order valence-electron chi connectivity index (χ0n) is 11.1. The maximum atomic E-state index is 8.56. The molecule has 2 rings (SSSR count). The van der Waals surface area contributed by atoms with Crippen LogP contribution in [0.15, 0.2) is 48.5 Å². The maximum absolute atomic E-state index is 8.56. The van der Waals surface area contributed by atoms with Gasteiger partial charge in [-0.2, -0.15) is 10.5 Å². The molecule has 0 radical (unpaired) electrons. The van der Waals surface area contributed by atoms with Crippen molar-refractivity contribution >= 4 is 11.4 Å². The van der Waals surface area contributed by atoms with Gasteiger partial charge >= 0.3 is 0 Å². The van der Waals surface area contributed by atoms with E-state index >= 15 is 0 Å². The van der Waals surface area contributed by atoms with Crippen LogP contribution >= 0.6 is 0 Å². The largest absolute Gasteiger partial charge is 0.293 e. The molecule has 0 saturated carbocycles. The summed E-state index contributed by atoms with van der Waals surface area (Å²) in [7, 11) is 0. The van der Waals surface area contributed by atoms with E-state index in [0.717, 1.165) is 11.4 Å². The zero-order chi connectivity index (χ0) is 14.4. The highest BCUT2D eigenvalue weighted by molar-refractivity contribution is 5.51. The van der Waals surface area contributed by atoms with Gasteiger partial charge in [0.05, 0.1) is 0 Å². The molecule has 0 aliphatic carbocycles. The van der Waals surface area contributed by atoms with Crippen LogP contribution in [0.25, 0.3) is 0 Å². The molecule has 2 aromatic rings. The Morgan fingerprint density at radius 2 is 1.10 bits per heavy atom. The molecule has 0 aliphatic heterocycles. The molecular weight excluding hydrogens is 248 g/mol. The summed E-state index contributed by atoms with van der Waals surface area (Å²) in [5.41, 5.74) is 3.93. The average molecular weight is 262 g/mol. The van der Waals surface area contributed by atoms with Crippen LogP contribution in [0.1, 0.15) is 24.0 Å². The summed E-state index contributed by atoms with van der Waals surface area (Å²) in [4.78, 5) is 0. The lowest BCUT2D eigenvalue weighted by Gasteiger charge is -2.13. The van der Waals surface area contributed by atoms with E-state index < -0.39 is 0 Å². The number of hydrogen-bond donors (Lipinski definition) is 2. The third kappa shape index (κ3) is 3.07. The quantitative estimate of drug-likeness (QED) is 0.652. The number of nitrogens with zero attached hydrogens (tertiary/aromatic N) is 2. The van der Waals surface area contributed by atoms with E-state index in [1.54, 1.807) is 0 Å². The first-order valence-electron chi connectivity index (χ1n) is 6.24. The summed E-state index contributed by atoms with van der Waals surface area (Å²) in [5.74, 6) is 0.252. The first kappa shape index (κ1) is 13.5. The number of hydrogen-bond acceptors (Lipinski definition) is 4. The second kappa shape index (κ2) is 6.26. The molecule has 0 unspecified atom stereocenters. The molecule has 0 atom stereocenters. The minimum absolute atomic E-state index is 0.252. The molecule has 98 valence electrons. The Morgan fingerprint density at radius 3 is 1.40 bits per heavy atom. The Kier molecular flexibility index (Phi) is 4.21. The van der Waals surface area contributed by atoms with Crippen molar-refractivity contribution in [3.8, 4) is 12.4 Å². The summed E-state index contributed by atoms with van der Waals surface area (Å²) in [6.07, 6.45) is 3.80. The average Bonchev–Trinajstić information content (AvgIpc) is 2.49. The number of anilines is 2. The molecule has 0 amide bonds. The highest BCUT2D eigenvalue weighted by atomic mass is 14.9. The van der Waals surface area contributed by atoms with Gasteiger partial charge in [-0.3, -0.25) is 10.6 Å². The van der Waals surface area contributed by atoms with Gasteiger partial charge in [0.1, 0.15) is 0 Å². The van der Waals surface area contributed by atoms with E-state index in [1.807, 2.05) is 60.9 Å². The van der Waals surface area contributed by atoms with Crippen molar-refractivity contribution in [3.63, 3.8) is 0 Å². The van der Waals surface area contributed by atoms with Gasteiger partial charge in [0.2, 0.25) is 0 Å². The monoisotopic (exact) mass is 262 g/mol. The number of nitriles is 2. The van der Waals surface area contributed by atoms with Crippen molar-refractivity contribution in [3.05, 3.63) is 59.7 Å². The predicted octanol–water partition coefficient (Wildman–Crippen LogP) is 3.62. The van der Waals surface area contributed by atoms with Crippen LogP contribution in [0.3, 0.4) is 0 Å². The molecular formula is C16H14N4. The summed E-state index contributed by atoms with van der Waals surface area (Å²) < 4.78 is 0. The van der Waals surface area contributed by atoms with E-state index in [2.05, 4.69) is 17.6 Å². The summed E-state index contributed by atoms with van der Waals surface area (Å²) in [5, 5.41) is 22.3. The van der Waals surface area contributed by atoms with Gasteiger partial charge in [-0.15, -0.1) is 0 Å². The van der Waals surface area contributed by atoms with Crippen LogP contribution in [0.4, 0.5) is 11.4 Å². The van der Waals surface area contributed by atoms with Gasteiger partial charge in [0.25, 0.3) is 0 Å². The second-order valence-electron chi connectivity index (χ2n) is 4.44. The number of nitrogens with one attached hydrogen (secondary N) is 2. The molecule has 0 heterocycles. The van der Waals surface area contributed by atoms with Crippen LogP contribution in [0.2, 0.25) is 0 Å². The Morgan fingerprint density at radius 1 is 0.750 bits per heavy atom. The lowest BCUT2D eigenvalue weighted by atomic mass is 9.93. The zero-order valence-corrected chi connectivity index (χ0v) is 11.1. The van der Waals surface area contributed by atoms with Gasteiger partial charge in [-0.25, -0.2) is 0 Å². The topological polar surface area (TPSA) is 71.6 Å². The van der Waals surface area contributed by atoms with Crippen molar-refractivity contribution < 1.29 is 0 Å². The molecule has 2 aromatic carbocycles. The van der Waals surface area contributed by atoms with Crippen molar-refractivity contribution in [2.45, 2.75) is 12.8 Å². The summed E-state index contributed by atoms with van der Waals surface area (Å²) in [6.45, 7) is 2.12. The van der Waals surface area contributed by atoms with Crippen LogP contribution in [0, 0.1) is 22.9 Å². The Hall–Kier alpha value is -2.98. The minimum Gasteiger partial charge on any atom is -0.293 e. The molecule has 0 aliphatic rings. The number of rotatable bonds is 4. The lowest BCUT2D eigenvalue weighted by Crippen LogP contribution is -1.97. The first-order valence-corrected chi connectivity index (χ1v) is 6.24. The third-order valence-electron chi connectivity index (χ3n) is 3.22. The Bertz CT molecular complexity index is 585. The Labute approximate surface area is 118 Å². The standard InChI is InChI=1S/C16H14N4/c1-12(13-2-6-15(7-3-13)19-10-17)14-4-8-16(9-5-14)20-11-18/h2-9,12,19-20H,1H3. The molecule has 0 fully saturated rings. The van der Waals surface area contributed by atoms with Gasteiger partial charge in [-0.1, -0.05) is 31.2 Å². The van der Waals surface area contributed by atoms with Gasteiger partial charge in [0, 0.05) is 17.3 Å². The first-order chi connectivity index (χ1) is 9.74. The minimum atomic E-state index is 0.252. The van der Waals surface area contributed by atoms with Crippen LogP contribution in [0.5, 0.6) is 0 Å². The highest BCUT2D eigenvalue weighted by Gasteiger charge is 2.08. The fourth-order valence-corrected chi connectivity index (χ4v) is 2.03. The predicted molar refractivity (Wildman–Crippen MR) is 78.9 cm³/mol. The molecule has 20 heavy (non-hydrogen) atoms. The third-order valence-corrected chi connectivity index (χ3v) is 3.22. The van der Waals surface area contributed by atoms with Crippen molar-refractivity contribution in [2.24, 2.45) is 0 Å².